The van der Waals surface area contributed by atoms with Crippen LogP contribution in [0.5, 0.6) is 11.5 Å². The molecule has 2 aromatic rings. The van der Waals surface area contributed by atoms with Crippen LogP contribution in [0.1, 0.15) is 15.9 Å². The Labute approximate surface area is 152 Å². The van der Waals surface area contributed by atoms with Gasteiger partial charge in [0.05, 0.1) is 11.1 Å². The fourth-order valence-corrected chi connectivity index (χ4v) is 2.20. The largest absolute Gasteiger partial charge is 0.456 e. The lowest BCUT2D eigenvalue weighted by atomic mass is 10.0. The smallest absolute Gasteiger partial charge is 0.419 e. The lowest BCUT2D eigenvalue weighted by molar-refractivity contribution is -0.140. The molecule has 0 aliphatic heterocycles. The highest BCUT2D eigenvalue weighted by molar-refractivity contribution is 6.12. The highest BCUT2D eigenvalue weighted by atomic mass is 19.4. The molecule has 0 aromatic heterocycles. The topological polar surface area (TPSA) is 53.3 Å². The Kier molecular flexibility index (Phi) is 5.85. The zero-order valence-electron chi connectivity index (χ0n) is 14.3. The number of hydrogen-bond acceptors (Lipinski definition) is 4. The van der Waals surface area contributed by atoms with E-state index in [1.54, 1.807) is 20.2 Å². The first-order chi connectivity index (χ1) is 12.6. The van der Waals surface area contributed by atoms with Crippen molar-refractivity contribution in [2.45, 2.75) is 6.18 Å². The first-order valence-electron chi connectivity index (χ1n) is 7.60. The Morgan fingerprint density at radius 3 is 2.41 bits per heavy atom. The van der Waals surface area contributed by atoms with Crippen molar-refractivity contribution < 1.29 is 27.1 Å². The summed E-state index contributed by atoms with van der Waals surface area (Å²) in [6.45, 7) is 0. The molecule has 0 fully saturated rings. The van der Waals surface area contributed by atoms with Crippen molar-refractivity contribution in [3.8, 4) is 17.6 Å². The van der Waals surface area contributed by atoms with Crippen LogP contribution < -0.4 is 4.74 Å². The zero-order chi connectivity index (χ0) is 20.2. The molecule has 0 radical (unpaired) electrons. The third-order valence-electron chi connectivity index (χ3n) is 3.36. The van der Waals surface area contributed by atoms with Crippen LogP contribution >= 0.6 is 0 Å². The van der Waals surface area contributed by atoms with Gasteiger partial charge in [-0.3, -0.25) is 4.79 Å². The standard InChI is InChI=1S/C19H14F4N2O2/c1-25(2)11-12(10-24)18(26)14-5-3-4-6-17(14)27-13-7-8-15(16(20)9-13)19(21,22)23/h3-9,11H,1-2H3/b12-11+. The van der Waals surface area contributed by atoms with Gasteiger partial charge in [0.25, 0.3) is 0 Å². The van der Waals surface area contributed by atoms with Crippen LogP contribution in [0, 0.1) is 17.1 Å². The van der Waals surface area contributed by atoms with Gasteiger partial charge in [0.2, 0.25) is 5.78 Å². The molecular formula is C19H14F4N2O2. The Hall–Kier alpha value is -3.34. The molecule has 4 nitrogen and oxygen atoms in total. The molecular weight excluding hydrogens is 364 g/mol. The predicted octanol–water partition coefficient (Wildman–Crippen LogP) is 4.79. The Morgan fingerprint density at radius 2 is 1.85 bits per heavy atom. The summed E-state index contributed by atoms with van der Waals surface area (Å²) >= 11 is 0. The highest BCUT2D eigenvalue weighted by Gasteiger charge is 2.34. The fraction of sp³-hybridized carbons (Fsp3) is 0.158. The number of halogens is 4. The van der Waals surface area contributed by atoms with Gasteiger partial charge in [0, 0.05) is 26.4 Å². The number of carbonyl (C=O) groups is 1. The number of nitrogens with zero attached hydrogens (tertiary/aromatic N) is 2. The number of nitriles is 1. The second-order valence-corrected chi connectivity index (χ2v) is 5.68. The van der Waals surface area contributed by atoms with E-state index < -0.39 is 23.3 Å². The van der Waals surface area contributed by atoms with E-state index in [2.05, 4.69) is 0 Å². The predicted molar refractivity (Wildman–Crippen MR) is 89.6 cm³/mol. The summed E-state index contributed by atoms with van der Waals surface area (Å²) in [6, 6.07) is 9.76. The number of ketones is 1. The van der Waals surface area contributed by atoms with Gasteiger partial charge in [0.1, 0.15) is 29.0 Å². The van der Waals surface area contributed by atoms with Crippen molar-refractivity contribution in [3.05, 3.63) is 71.2 Å². The molecule has 0 aliphatic rings. The maximum Gasteiger partial charge on any atom is 0.419 e. The minimum absolute atomic E-state index is 0.0124. The van der Waals surface area contributed by atoms with Crippen molar-refractivity contribution in [2.75, 3.05) is 14.1 Å². The van der Waals surface area contributed by atoms with E-state index in [0.717, 1.165) is 6.07 Å². The number of carbonyl (C=O) groups excluding carboxylic acids is 1. The molecule has 0 atom stereocenters. The van der Waals surface area contributed by atoms with E-state index in [9.17, 15) is 22.4 Å². The molecule has 0 heterocycles. The van der Waals surface area contributed by atoms with Crippen LogP contribution in [0.25, 0.3) is 0 Å². The van der Waals surface area contributed by atoms with Gasteiger partial charge in [-0.2, -0.15) is 18.4 Å². The Bertz CT molecular complexity index is 928. The average Bonchev–Trinajstić information content (AvgIpc) is 2.58. The van der Waals surface area contributed by atoms with Crippen molar-refractivity contribution in [1.82, 2.24) is 4.90 Å². The summed E-state index contributed by atoms with van der Waals surface area (Å²) in [5.74, 6) is -2.35. The van der Waals surface area contributed by atoms with Crippen molar-refractivity contribution in [3.63, 3.8) is 0 Å². The first-order valence-corrected chi connectivity index (χ1v) is 7.60. The molecule has 0 amide bonds. The second-order valence-electron chi connectivity index (χ2n) is 5.68. The normalized spacial score (nSPS) is 11.7. The van der Waals surface area contributed by atoms with Crippen molar-refractivity contribution in [1.29, 1.82) is 5.26 Å². The molecule has 0 spiro atoms. The van der Waals surface area contributed by atoms with E-state index in [1.807, 2.05) is 0 Å². The summed E-state index contributed by atoms with van der Waals surface area (Å²) < 4.78 is 57.0. The molecule has 0 bridgehead atoms. The van der Waals surface area contributed by atoms with Crippen molar-refractivity contribution >= 4 is 5.78 Å². The molecule has 2 aromatic carbocycles. The summed E-state index contributed by atoms with van der Waals surface area (Å²) in [5, 5.41) is 9.17. The van der Waals surface area contributed by atoms with Crippen LogP contribution in [0.3, 0.4) is 0 Å². The third kappa shape index (κ3) is 4.85. The van der Waals surface area contributed by atoms with Crippen LogP contribution in [-0.4, -0.2) is 24.8 Å². The Morgan fingerprint density at radius 1 is 1.19 bits per heavy atom. The molecule has 0 unspecified atom stereocenters. The number of hydrogen-bond donors (Lipinski definition) is 0. The van der Waals surface area contributed by atoms with Gasteiger partial charge in [-0.05, 0) is 24.3 Å². The van der Waals surface area contributed by atoms with Crippen LogP contribution in [0.4, 0.5) is 17.6 Å². The van der Waals surface area contributed by atoms with Gasteiger partial charge < -0.3 is 9.64 Å². The number of ether oxygens (including phenoxy) is 1. The summed E-state index contributed by atoms with van der Waals surface area (Å²) in [4.78, 5) is 14.1. The van der Waals surface area contributed by atoms with Gasteiger partial charge in [-0.1, -0.05) is 12.1 Å². The van der Waals surface area contributed by atoms with Crippen LogP contribution in [0.15, 0.2) is 54.2 Å². The minimum Gasteiger partial charge on any atom is -0.456 e. The van der Waals surface area contributed by atoms with Gasteiger partial charge in [-0.25, -0.2) is 4.39 Å². The van der Waals surface area contributed by atoms with Gasteiger partial charge >= 0.3 is 6.18 Å². The molecule has 0 aliphatic carbocycles. The molecule has 2 rings (SSSR count). The van der Waals surface area contributed by atoms with E-state index >= 15 is 0 Å². The van der Waals surface area contributed by atoms with E-state index in [1.165, 1.54) is 35.4 Å². The number of rotatable bonds is 5. The molecule has 140 valence electrons. The van der Waals surface area contributed by atoms with Crippen LogP contribution in [0.2, 0.25) is 0 Å². The molecule has 0 saturated heterocycles. The van der Waals surface area contributed by atoms with E-state index in [-0.39, 0.29) is 22.6 Å². The zero-order valence-corrected chi connectivity index (χ0v) is 14.3. The van der Waals surface area contributed by atoms with Gasteiger partial charge in [0.15, 0.2) is 0 Å². The van der Waals surface area contributed by atoms with Crippen molar-refractivity contribution in [2.24, 2.45) is 0 Å². The quantitative estimate of drug-likeness (QED) is 0.325. The summed E-state index contributed by atoms with van der Waals surface area (Å²) in [7, 11) is 3.27. The maximum atomic E-state index is 13.7. The fourth-order valence-electron chi connectivity index (χ4n) is 2.20. The van der Waals surface area contributed by atoms with Gasteiger partial charge in [-0.15, -0.1) is 0 Å². The first kappa shape index (κ1) is 20.0. The molecule has 0 saturated carbocycles. The minimum atomic E-state index is -4.82. The molecule has 0 N–H and O–H groups in total. The number of allylic oxidation sites excluding steroid dienone is 1. The number of para-hydroxylation sites is 1. The van der Waals surface area contributed by atoms with E-state index in [4.69, 9.17) is 10.00 Å². The average molecular weight is 378 g/mol. The summed E-state index contributed by atoms with van der Waals surface area (Å²) in [5.41, 5.74) is -1.55. The lowest BCUT2D eigenvalue weighted by Gasteiger charge is -2.13. The SMILES string of the molecule is CN(C)/C=C(\C#N)C(=O)c1ccccc1Oc1ccc(C(F)(F)F)c(F)c1. The highest BCUT2D eigenvalue weighted by Crippen LogP contribution is 2.34. The summed E-state index contributed by atoms with van der Waals surface area (Å²) in [6.07, 6.45) is -3.49. The number of alkyl halides is 3. The van der Waals surface area contributed by atoms with E-state index in [0.29, 0.717) is 12.1 Å². The second kappa shape index (κ2) is 7.91. The monoisotopic (exact) mass is 378 g/mol. The Balaban J connectivity index is 2.39. The van der Waals surface area contributed by atoms with Crippen LogP contribution in [-0.2, 0) is 6.18 Å². The maximum absolute atomic E-state index is 13.7. The molecule has 8 heteroatoms. The molecule has 27 heavy (non-hydrogen) atoms. The number of Topliss-reactive ketones (excluding diaryl/α,β-unsaturated/α-hetero) is 1. The number of benzene rings is 2. The lowest BCUT2D eigenvalue weighted by Crippen LogP contribution is -2.10. The third-order valence-corrected chi connectivity index (χ3v) is 3.36.